The van der Waals surface area contributed by atoms with E-state index in [1.807, 2.05) is 0 Å². The summed E-state index contributed by atoms with van der Waals surface area (Å²) in [6.07, 6.45) is 6.46. The second-order valence-corrected chi connectivity index (χ2v) is 5.11. The van der Waals surface area contributed by atoms with Crippen molar-refractivity contribution in [1.82, 2.24) is 0 Å². The van der Waals surface area contributed by atoms with E-state index >= 15 is 0 Å². The summed E-state index contributed by atoms with van der Waals surface area (Å²) < 4.78 is 0. The van der Waals surface area contributed by atoms with Gasteiger partial charge in [0.25, 0.3) is 0 Å². The quantitative estimate of drug-likeness (QED) is 0.539. The zero-order valence-corrected chi connectivity index (χ0v) is 10.5. The van der Waals surface area contributed by atoms with Gasteiger partial charge in [0, 0.05) is 5.92 Å². The summed E-state index contributed by atoms with van der Waals surface area (Å²) >= 11 is 0. The molecule has 14 heavy (non-hydrogen) atoms. The van der Waals surface area contributed by atoms with Gasteiger partial charge >= 0.3 is 0 Å². The molecule has 4 unspecified atom stereocenters. The molecule has 0 N–H and O–H groups in total. The van der Waals surface area contributed by atoms with Crippen LogP contribution in [0, 0.1) is 23.7 Å². The maximum Gasteiger partial charge on any atom is 0.000802 e. The summed E-state index contributed by atoms with van der Waals surface area (Å²) in [7, 11) is 0. The first-order valence-electron chi connectivity index (χ1n) is 6.32. The van der Waals surface area contributed by atoms with Gasteiger partial charge in [-0.05, 0) is 24.2 Å². The zero-order valence-electron chi connectivity index (χ0n) is 10.5. The molecule has 0 radical (unpaired) electrons. The lowest BCUT2D eigenvalue weighted by Crippen LogP contribution is -2.19. The van der Waals surface area contributed by atoms with Crippen molar-refractivity contribution in [2.24, 2.45) is 23.7 Å². The van der Waals surface area contributed by atoms with E-state index in [1.54, 1.807) is 5.57 Å². The molecule has 82 valence electrons. The third kappa shape index (κ3) is 2.62. The van der Waals surface area contributed by atoms with Gasteiger partial charge in [-0.15, -0.1) is 0 Å². The van der Waals surface area contributed by atoms with Crippen molar-refractivity contribution in [3.63, 3.8) is 0 Å². The highest BCUT2D eigenvalue weighted by molar-refractivity contribution is 5.29. The molecule has 0 heterocycles. The molecule has 0 amide bonds. The molecule has 4 atom stereocenters. The Bertz CT molecular complexity index is 196. The minimum atomic E-state index is 0.856. The lowest BCUT2D eigenvalue weighted by molar-refractivity contribution is 0.247. The Kier molecular flexibility index (Phi) is 4.22. The van der Waals surface area contributed by atoms with Crippen LogP contribution in [0.4, 0.5) is 0 Å². The molecule has 1 aliphatic carbocycles. The van der Waals surface area contributed by atoms with Crippen molar-refractivity contribution >= 4 is 0 Å². The van der Waals surface area contributed by atoms with Crippen LogP contribution < -0.4 is 0 Å². The molecule has 0 fully saturated rings. The molecule has 0 nitrogen and oxygen atoms in total. The van der Waals surface area contributed by atoms with Gasteiger partial charge in [-0.2, -0.15) is 0 Å². The Morgan fingerprint density at radius 1 is 1.21 bits per heavy atom. The Morgan fingerprint density at radius 2 is 1.86 bits per heavy atom. The first kappa shape index (κ1) is 11.8. The molecule has 0 aliphatic heterocycles. The highest BCUT2D eigenvalue weighted by atomic mass is 14.4. The molecule has 1 rings (SSSR count). The van der Waals surface area contributed by atoms with Crippen molar-refractivity contribution in [3.8, 4) is 0 Å². The molecule has 0 saturated heterocycles. The van der Waals surface area contributed by atoms with Gasteiger partial charge in [0.05, 0.1) is 0 Å². The topological polar surface area (TPSA) is 0 Å². The van der Waals surface area contributed by atoms with Crippen molar-refractivity contribution < 1.29 is 0 Å². The zero-order chi connectivity index (χ0) is 10.7. The van der Waals surface area contributed by atoms with Crippen LogP contribution in [0.1, 0.15) is 53.9 Å². The fourth-order valence-corrected chi connectivity index (χ4v) is 2.59. The standard InChI is InChI=1S/C14H26/c1-6-8-10(3)11(4)12(5)14-9-13(14)7-2/h9-12,14H,6-8H2,1-5H3. The van der Waals surface area contributed by atoms with Crippen molar-refractivity contribution in [2.75, 3.05) is 0 Å². The van der Waals surface area contributed by atoms with Gasteiger partial charge in [-0.25, -0.2) is 0 Å². The maximum atomic E-state index is 2.47. The first-order chi connectivity index (χ1) is 6.61. The van der Waals surface area contributed by atoms with E-state index < -0.39 is 0 Å². The van der Waals surface area contributed by atoms with Gasteiger partial charge in [-0.3, -0.25) is 0 Å². The number of allylic oxidation sites excluding steroid dienone is 2. The summed E-state index contributed by atoms with van der Waals surface area (Å²) in [5.74, 6) is 3.49. The van der Waals surface area contributed by atoms with Crippen LogP contribution in [0.3, 0.4) is 0 Å². The lowest BCUT2D eigenvalue weighted by atomic mass is 9.79. The average molecular weight is 194 g/mol. The summed E-state index contributed by atoms with van der Waals surface area (Å²) in [5, 5.41) is 0. The summed E-state index contributed by atoms with van der Waals surface area (Å²) in [5.41, 5.74) is 1.70. The van der Waals surface area contributed by atoms with Crippen LogP contribution in [-0.4, -0.2) is 0 Å². The highest BCUT2D eigenvalue weighted by Gasteiger charge is 2.33. The minimum absolute atomic E-state index is 0.856. The van der Waals surface area contributed by atoms with E-state index in [9.17, 15) is 0 Å². The fraction of sp³-hybridized carbons (Fsp3) is 0.857. The number of rotatable bonds is 6. The Balaban J connectivity index is 2.34. The van der Waals surface area contributed by atoms with Gasteiger partial charge < -0.3 is 0 Å². The highest BCUT2D eigenvalue weighted by Crippen LogP contribution is 2.43. The number of hydrogen-bond acceptors (Lipinski definition) is 0. The van der Waals surface area contributed by atoms with E-state index in [1.165, 1.54) is 19.3 Å². The van der Waals surface area contributed by atoms with Crippen molar-refractivity contribution in [1.29, 1.82) is 0 Å². The monoisotopic (exact) mass is 194 g/mol. The molecule has 1 aliphatic rings. The van der Waals surface area contributed by atoms with Crippen LogP contribution in [0.2, 0.25) is 0 Å². The van der Waals surface area contributed by atoms with Crippen molar-refractivity contribution in [3.05, 3.63) is 11.6 Å². The van der Waals surface area contributed by atoms with Crippen LogP contribution in [0.25, 0.3) is 0 Å². The van der Waals surface area contributed by atoms with E-state index in [0.29, 0.717) is 0 Å². The molecule has 0 aromatic rings. The molecular formula is C14H26. The Morgan fingerprint density at radius 3 is 2.29 bits per heavy atom. The van der Waals surface area contributed by atoms with E-state index in [2.05, 4.69) is 40.7 Å². The SMILES string of the molecule is CCCC(C)C(C)C(C)C1C=C1CC. The average Bonchev–Trinajstić information content (AvgIpc) is 2.95. The van der Waals surface area contributed by atoms with Crippen LogP contribution in [0.15, 0.2) is 11.6 Å². The lowest BCUT2D eigenvalue weighted by Gasteiger charge is -2.26. The van der Waals surface area contributed by atoms with Crippen molar-refractivity contribution in [2.45, 2.75) is 53.9 Å². The second-order valence-electron chi connectivity index (χ2n) is 5.11. The molecule has 0 bridgehead atoms. The normalized spacial score (nSPS) is 26.6. The fourth-order valence-electron chi connectivity index (χ4n) is 2.59. The molecule has 0 aromatic carbocycles. The summed E-state index contributed by atoms with van der Waals surface area (Å²) in [6, 6.07) is 0. The van der Waals surface area contributed by atoms with Gasteiger partial charge in [-0.1, -0.05) is 59.1 Å². The molecule has 0 heteroatoms. The van der Waals surface area contributed by atoms with Gasteiger partial charge in [0.1, 0.15) is 0 Å². The smallest absolute Gasteiger partial charge is 0.000802 e. The molecular weight excluding hydrogens is 168 g/mol. The van der Waals surface area contributed by atoms with Crippen LogP contribution in [0.5, 0.6) is 0 Å². The molecule has 0 saturated carbocycles. The molecule has 0 aromatic heterocycles. The molecule has 0 spiro atoms. The predicted molar refractivity (Wildman–Crippen MR) is 64.3 cm³/mol. The van der Waals surface area contributed by atoms with E-state index in [4.69, 9.17) is 0 Å². The third-order valence-electron chi connectivity index (χ3n) is 4.16. The summed E-state index contributed by atoms with van der Waals surface area (Å²) in [4.78, 5) is 0. The Hall–Kier alpha value is -0.260. The van der Waals surface area contributed by atoms with E-state index in [0.717, 1.165) is 23.7 Å². The first-order valence-corrected chi connectivity index (χ1v) is 6.32. The largest absolute Gasteiger partial charge is 0.0773 e. The van der Waals surface area contributed by atoms with Crippen LogP contribution in [-0.2, 0) is 0 Å². The van der Waals surface area contributed by atoms with E-state index in [-0.39, 0.29) is 0 Å². The van der Waals surface area contributed by atoms with Crippen LogP contribution >= 0.6 is 0 Å². The summed E-state index contributed by atoms with van der Waals surface area (Å²) in [6.45, 7) is 11.9. The second kappa shape index (κ2) is 5.00. The number of hydrogen-bond donors (Lipinski definition) is 0. The Labute approximate surface area is 89.8 Å². The predicted octanol–water partition coefficient (Wildman–Crippen LogP) is 4.66. The minimum Gasteiger partial charge on any atom is -0.0773 e. The third-order valence-corrected chi connectivity index (χ3v) is 4.16. The maximum absolute atomic E-state index is 2.47. The van der Waals surface area contributed by atoms with Gasteiger partial charge in [0.15, 0.2) is 0 Å². The van der Waals surface area contributed by atoms with Gasteiger partial charge in [0.2, 0.25) is 0 Å².